The molecule has 0 radical (unpaired) electrons. The highest BCUT2D eigenvalue weighted by molar-refractivity contribution is 5.83. The van der Waals surface area contributed by atoms with Gasteiger partial charge in [0.2, 0.25) is 0 Å². The zero-order valence-electron chi connectivity index (χ0n) is 13.6. The molecule has 2 atom stereocenters. The standard InChI is InChI=1S/C18H23F3N2O/c19-18(20,21)17(24)23(14-8-4-10-22-11-5-9-14)16-12-15(16)13-6-2-1-3-7-13/h1-3,6-7,14-16,22H,4-5,8-12H2. The quantitative estimate of drug-likeness (QED) is 0.914. The van der Waals surface area contributed by atoms with Crippen LogP contribution in [0.5, 0.6) is 0 Å². The lowest BCUT2D eigenvalue weighted by molar-refractivity contribution is -0.189. The van der Waals surface area contributed by atoms with Gasteiger partial charge in [0.05, 0.1) is 0 Å². The number of benzene rings is 1. The molecule has 3 nitrogen and oxygen atoms in total. The normalized spacial score (nSPS) is 25.6. The predicted octanol–water partition coefficient (Wildman–Crippen LogP) is 3.47. The van der Waals surface area contributed by atoms with Gasteiger partial charge in [0.25, 0.3) is 0 Å². The van der Waals surface area contributed by atoms with Gasteiger partial charge in [-0.3, -0.25) is 4.79 Å². The minimum absolute atomic E-state index is 0.0288. The molecule has 2 unspecified atom stereocenters. The minimum Gasteiger partial charge on any atom is -0.328 e. The molecule has 1 saturated heterocycles. The van der Waals surface area contributed by atoms with Crippen molar-refractivity contribution in [3.63, 3.8) is 0 Å². The fourth-order valence-electron chi connectivity index (χ4n) is 3.75. The molecule has 1 aliphatic carbocycles. The Hall–Kier alpha value is -1.56. The summed E-state index contributed by atoms with van der Waals surface area (Å²) in [5, 5.41) is 3.26. The van der Waals surface area contributed by atoms with Crippen molar-refractivity contribution in [3.8, 4) is 0 Å². The van der Waals surface area contributed by atoms with Crippen molar-refractivity contribution in [1.82, 2.24) is 10.2 Å². The van der Waals surface area contributed by atoms with E-state index in [0.29, 0.717) is 19.3 Å². The number of amides is 1. The van der Waals surface area contributed by atoms with E-state index in [2.05, 4.69) is 5.32 Å². The minimum atomic E-state index is -4.80. The number of nitrogens with zero attached hydrogens (tertiary/aromatic N) is 1. The van der Waals surface area contributed by atoms with E-state index >= 15 is 0 Å². The Labute approximate surface area is 140 Å². The molecule has 2 aliphatic rings. The average molecular weight is 340 g/mol. The van der Waals surface area contributed by atoms with Crippen LogP contribution in [-0.4, -0.2) is 42.2 Å². The van der Waals surface area contributed by atoms with Crippen molar-refractivity contribution in [2.75, 3.05) is 13.1 Å². The lowest BCUT2D eigenvalue weighted by atomic mass is 10.0. The van der Waals surface area contributed by atoms with Gasteiger partial charge in [-0.15, -0.1) is 0 Å². The van der Waals surface area contributed by atoms with Crippen LogP contribution in [0.4, 0.5) is 13.2 Å². The molecule has 0 aromatic heterocycles. The van der Waals surface area contributed by atoms with Crippen LogP contribution in [0.3, 0.4) is 0 Å². The maximum atomic E-state index is 13.2. The maximum Gasteiger partial charge on any atom is 0.471 e. The van der Waals surface area contributed by atoms with Gasteiger partial charge in [0.15, 0.2) is 0 Å². The van der Waals surface area contributed by atoms with Crippen molar-refractivity contribution in [2.24, 2.45) is 0 Å². The fourth-order valence-corrected chi connectivity index (χ4v) is 3.75. The first-order valence-electron chi connectivity index (χ1n) is 8.63. The Morgan fingerprint density at radius 3 is 2.29 bits per heavy atom. The summed E-state index contributed by atoms with van der Waals surface area (Å²) in [5.41, 5.74) is 1.02. The van der Waals surface area contributed by atoms with Gasteiger partial charge < -0.3 is 10.2 Å². The second-order valence-corrected chi connectivity index (χ2v) is 6.72. The van der Waals surface area contributed by atoms with Crippen molar-refractivity contribution in [2.45, 2.75) is 56.3 Å². The Kier molecular flexibility index (Phi) is 5.13. The van der Waals surface area contributed by atoms with Crippen molar-refractivity contribution >= 4 is 5.91 Å². The van der Waals surface area contributed by atoms with Gasteiger partial charge in [0, 0.05) is 18.0 Å². The van der Waals surface area contributed by atoms with E-state index < -0.39 is 12.1 Å². The smallest absolute Gasteiger partial charge is 0.328 e. The van der Waals surface area contributed by atoms with Crippen LogP contribution in [0.1, 0.15) is 43.6 Å². The first kappa shape index (κ1) is 17.3. The van der Waals surface area contributed by atoms with Crippen LogP contribution in [0.25, 0.3) is 0 Å². The number of hydrogen-bond donors (Lipinski definition) is 1. The molecular formula is C18H23F3N2O. The SMILES string of the molecule is O=C(N(C1CCCNCCC1)C1CC1c1ccccc1)C(F)(F)F. The lowest BCUT2D eigenvalue weighted by Crippen LogP contribution is -2.49. The molecule has 1 N–H and O–H groups in total. The van der Waals surface area contributed by atoms with E-state index in [1.165, 1.54) is 4.90 Å². The Morgan fingerprint density at radius 2 is 1.71 bits per heavy atom. The van der Waals surface area contributed by atoms with E-state index in [4.69, 9.17) is 0 Å². The largest absolute Gasteiger partial charge is 0.471 e. The Morgan fingerprint density at radius 1 is 1.08 bits per heavy atom. The zero-order valence-corrected chi connectivity index (χ0v) is 13.6. The molecular weight excluding hydrogens is 317 g/mol. The molecule has 1 aliphatic heterocycles. The van der Waals surface area contributed by atoms with E-state index in [9.17, 15) is 18.0 Å². The molecule has 6 heteroatoms. The maximum absolute atomic E-state index is 13.2. The summed E-state index contributed by atoms with van der Waals surface area (Å²) in [6.07, 6.45) is -1.31. The van der Waals surface area contributed by atoms with Crippen LogP contribution < -0.4 is 5.32 Å². The number of alkyl halides is 3. The number of carbonyl (C=O) groups is 1. The summed E-state index contributed by atoms with van der Waals surface area (Å²) >= 11 is 0. The fraction of sp³-hybridized carbons (Fsp3) is 0.611. The van der Waals surface area contributed by atoms with Crippen LogP contribution in [0, 0.1) is 0 Å². The third-order valence-corrected chi connectivity index (χ3v) is 4.99. The Bertz CT molecular complexity index is 553. The van der Waals surface area contributed by atoms with E-state index in [1.807, 2.05) is 30.3 Å². The second-order valence-electron chi connectivity index (χ2n) is 6.72. The first-order valence-corrected chi connectivity index (χ1v) is 8.63. The van der Waals surface area contributed by atoms with Gasteiger partial charge >= 0.3 is 12.1 Å². The topological polar surface area (TPSA) is 32.3 Å². The molecule has 24 heavy (non-hydrogen) atoms. The van der Waals surface area contributed by atoms with E-state index in [1.54, 1.807) is 0 Å². The third kappa shape index (κ3) is 3.91. The zero-order chi connectivity index (χ0) is 17.2. The summed E-state index contributed by atoms with van der Waals surface area (Å²) in [4.78, 5) is 13.3. The highest BCUT2D eigenvalue weighted by Gasteiger charge is 2.53. The molecule has 1 aromatic carbocycles. The van der Waals surface area contributed by atoms with Crippen molar-refractivity contribution in [3.05, 3.63) is 35.9 Å². The summed E-state index contributed by atoms with van der Waals surface area (Å²) in [6.45, 7) is 1.61. The molecule has 0 spiro atoms. The highest BCUT2D eigenvalue weighted by atomic mass is 19.4. The molecule has 1 amide bonds. The first-order chi connectivity index (χ1) is 11.5. The lowest BCUT2D eigenvalue weighted by Gasteiger charge is -2.34. The second kappa shape index (κ2) is 7.13. The number of carbonyl (C=O) groups excluding carboxylic acids is 1. The van der Waals surface area contributed by atoms with Crippen molar-refractivity contribution in [1.29, 1.82) is 0 Å². The summed E-state index contributed by atoms with van der Waals surface area (Å²) < 4.78 is 39.5. The van der Waals surface area contributed by atoms with Crippen molar-refractivity contribution < 1.29 is 18.0 Å². The summed E-state index contributed by atoms with van der Waals surface area (Å²) in [5.74, 6) is -1.63. The van der Waals surface area contributed by atoms with Gasteiger partial charge in [-0.1, -0.05) is 30.3 Å². The molecule has 132 valence electrons. The number of rotatable bonds is 3. The third-order valence-electron chi connectivity index (χ3n) is 4.99. The molecule has 0 bridgehead atoms. The average Bonchev–Trinajstić information content (AvgIpc) is 3.29. The van der Waals surface area contributed by atoms with E-state index in [-0.39, 0.29) is 18.0 Å². The predicted molar refractivity (Wildman–Crippen MR) is 85.6 cm³/mol. The van der Waals surface area contributed by atoms with Crippen LogP contribution in [-0.2, 0) is 4.79 Å². The number of hydrogen-bond acceptors (Lipinski definition) is 2. The van der Waals surface area contributed by atoms with E-state index in [0.717, 1.165) is 31.5 Å². The van der Waals surface area contributed by atoms with Crippen LogP contribution in [0.15, 0.2) is 30.3 Å². The number of halogens is 3. The molecule has 2 fully saturated rings. The summed E-state index contributed by atoms with van der Waals surface area (Å²) in [6, 6.07) is 8.91. The number of nitrogens with one attached hydrogen (secondary N) is 1. The van der Waals surface area contributed by atoms with Gasteiger partial charge in [0.1, 0.15) is 0 Å². The van der Waals surface area contributed by atoms with Crippen LogP contribution >= 0.6 is 0 Å². The molecule has 1 saturated carbocycles. The monoisotopic (exact) mass is 340 g/mol. The molecule has 3 rings (SSSR count). The molecule has 1 aromatic rings. The Balaban J connectivity index is 1.79. The van der Waals surface area contributed by atoms with Gasteiger partial charge in [-0.2, -0.15) is 13.2 Å². The summed E-state index contributed by atoms with van der Waals surface area (Å²) in [7, 11) is 0. The molecule has 1 heterocycles. The highest BCUT2D eigenvalue weighted by Crippen LogP contribution is 2.47. The van der Waals surface area contributed by atoms with Gasteiger partial charge in [-0.25, -0.2) is 0 Å². The van der Waals surface area contributed by atoms with Crippen LogP contribution in [0.2, 0.25) is 0 Å². The van der Waals surface area contributed by atoms with Gasteiger partial charge in [-0.05, 0) is 50.8 Å².